The Balaban J connectivity index is 2.62. The summed E-state index contributed by atoms with van der Waals surface area (Å²) in [5.74, 6) is -2.26. The maximum Gasteiger partial charge on any atom is 0.304 e. The third-order valence-electron chi connectivity index (χ3n) is 5.11. The molecule has 0 radical (unpaired) electrons. The third-order valence-corrected chi connectivity index (χ3v) is 5.11. The van der Waals surface area contributed by atoms with Crippen LogP contribution in [0.25, 0.3) is 0 Å². The Morgan fingerprint density at radius 1 is 0.931 bits per heavy atom. The molecule has 29 heavy (non-hydrogen) atoms. The molecule has 1 aromatic carbocycles. The van der Waals surface area contributed by atoms with Gasteiger partial charge in [0.05, 0.1) is 6.42 Å². The van der Waals surface area contributed by atoms with Gasteiger partial charge in [0.25, 0.3) is 0 Å². The lowest BCUT2D eigenvalue weighted by molar-refractivity contribution is -0.141. The zero-order valence-electron chi connectivity index (χ0n) is 17.8. The van der Waals surface area contributed by atoms with E-state index >= 15 is 0 Å². The van der Waals surface area contributed by atoms with E-state index in [1.54, 1.807) is 0 Å². The Kier molecular flexibility index (Phi) is 12.4. The number of hydrogen-bond acceptors (Lipinski definition) is 3. The largest absolute Gasteiger partial charge is 0.481 e. The molecular formula is C23H36N2O4. The lowest BCUT2D eigenvalue weighted by Crippen LogP contribution is -2.49. The van der Waals surface area contributed by atoms with E-state index in [1.807, 2.05) is 30.3 Å². The summed E-state index contributed by atoms with van der Waals surface area (Å²) in [6.45, 7) is 2.18. The lowest BCUT2D eigenvalue weighted by Gasteiger charge is -2.21. The van der Waals surface area contributed by atoms with Crippen molar-refractivity contribution in [2.75, 3.05) is 7.05 Å². The molecule has 0 saturated carbocycles. The van der Waals surface area contributed by atoms with E-state index in [2.05, 4.69) is 17.6 Å². The molecule has 0 saturated heterocycles. The third kappa shape index (κ3) is 10.7. The summed E-state index contributed by atoms with van der Waals surface area (Å²) in [5.41, 5.74) is 0.934. The maximum atomic E-state index is 12.8. The highest BCUT2D eigenvalue weighted by atomic mass is 16.4. The predicted molar refractivity (Wildman–Crippen MR) is 114 cm³/mol. The second-order valence-electron chi connectivity index (χ2n) is 7.57. The van der Waals surface area contributed by atoms with Crippen molar-refractivity contribution >= 4 is 17.8 Å². The topological polar surface area (TPSA) is 95.5 Å². The van der Waals surface area contributed by atoms with Gasteiger partial charge in [-0.15, -0.1) is 0 Å². The molecule has 1 aromatic rings. The number of carbonyl (C=O) groups excluding carboxylic acids is 2. The summed E-state index contributed by atoms with van der Waals surface area (Å²) in [7, 11) is 1.53. The van der Waals surface area contributed by atoms with Crippen LogP contribution in [0.5, 0.6) is 0 Å². The SMILES string of the molecule is CCCCCCCCC[C@H](CC(=O)O)C(=O)N[C@@H](Cc1ccccc1)C(=O)NC. The van der Waals surface area contributed by atoms with E-state index in [9.17, 15) is 19.5 Å². The Morgan fingerprint density at radius 3 is 2.14 bits per heavy atom. The first-order valence-corrected chi connectivity index (χ1v) is 10.8. The van der Waals surface area contributed by atoms with Gasteiger partial charge in [-0.1, -0.05) is 82.2 Å². The van der Waals surface area contributed by atoms with Crippen LogP contribution in [0.15, 0.2) is 30.3 Å². The standard InChI is InChI=1S/C23H36N2O4/c1-3-4-5-6-7-8-12-15-19(17-21(26)27)22(28)25-20(23(29)24-2)16-18-13-10-9-11-14-18/h9-11,13-14,19-20H,3-8,12,15-17H2,1-2H3,(H,24,29)(H,25,28)(H,26,27)/t19-,20+/m1/s1. The first-order valence-electron chi connectivity index (χ1n) is 10.8. The molecule has 6 nitrogen and oxygen atoms in total. The highest BCUT2D eigenvalue weighted by molar-refractivity contribution is 5.89. The molecule has 0 aromatic heterocycles. The summed E-state index contributed by atoms with van der Waals surface area (Å²) in [6, 6.07) is 8.73. The van der Waals surface area contributed by atoms with Crippen molar-refractivity contribution in [2.45, 2.75) is 77.2 Å². The van der Waals surface area contributed by atoms with Crippen LogP contribution in [0.4, 0.5) is 0 Å². The fourth-order valence-electron chi connectivity index (χ4n) is 3.41. The molecule has 3 N–H and O–H groups in total. The number of carbonyl (C=O) groups is 3. The van der Waals surface area contributed by atoms with Gasteiger partial charge in [0.2, 0.25) is 11.8 Å². The molecule has 0 spiro atoms. The minimum Gasteiger partial charge on any atom is -0.481 e. The summed E-state index contributed by atoms with van der Waals surface area (Å²) in [5, 5.41) is 14.6. The number of carboxylic acid groups (broad SMARTS) is 1. The Morgan fingerprint density at radius 2 is 1.55 bits per heavy atom. The second kappa shape index (κ2) is 14.6. The van der Waals surface area contributed by atoms with Crippen molar-refractivity contribution in [3.63, 3.8) is 0 Å². The Labute approximate surface area is 174 Å². The normalized spacial score (nSPS) is 12.8. The van der Waals surface area contributed by atoms with E-state index in [-0.39, 0.29) is 18.2 Å². The van der Waals surface area contributed by atoms with Crippen LogP contribution >= 0.6 is 0 Å². The van der Waals surface area contributed by atoms with Crippen LogP contribution < -0.4 is 10.6 Å². The number of benzene rings is 1. The molecule has 0 bridgehead atoms. The van der Waals surface area contributed by atoms with Gasteiger partial charge in [0, 0.05) is 19.4 Å². The van der Waals surface area contributed by atoms with Gasteiger partial charge in [-0.3, -0.25) is 14.4 Å². The van der Waals surface area contributed by atoms with Crippen LogP contribution in [0, 0.1) is 5.92 Å². The second-order valence-corrected chi connectivity index (χ2v) is 7.57. The molecule has 0 heterocycles. The molecule has 162 valence electrons. The van der Waals surface area contributed by atoms with Crippen LogP contribution in [0.2, 0.25) is 0 Å². The van der Waals surface area contributed by atoms with Gasteiger partial charge in [-0.25, -0.2) is 0 Å². The van der Waals surface area contributed by atoms with Gasteiger partial charge in [-0.05, 0) is 12.0 Å². The van der Waals surface area contributed by atoms with Gasteiger partial charge < -0.3 is 15.7 Å². The molecule has 0 aliphatic carbocycles. The molecule has 0 aliphatic heterocycles. The van der Waals surface area contributed by atoms with Crippen LogP contribution in [0.1, 0.15) is 70.3 Å². The predicted octanol–water partition coefficient (Wildman–Crippen LogP) is 3.69. The summed E-state index contributed by atoms with van der Waals surface area (Å²) in [4.78, 5) is 36.2. The summed E-state index contributed by atoms with van der Waals surface area (Å²) in [6.07, 6.45) is 8.45. The number of carboxylic acids is 1. The zero-order chi connectivity index (χ0) is 21.5. The molecule has 2 atom stereocenters. The number of nitrogens with one attached hydrogen (secondary N) is 2. The van der Waals surface area contributed by atoms with Crippen LogP contribution in [-0.4, -0.2) is 36.0 Å². The van der Waals surface area contributed by atoms with Gasteiger partial charge in [0.15, 0.2) is 0 Å². The fraction of sp³-hybridized carbons (Fsp3) is 0.609. The van der Waals surface area contributed by atoms with Crippen LogP contribution in [0.3, 0.4) is 0 Å². The molecule has 0 aliphatic rings. The number of amides is 2. The fourth-order valence-corrected chi connectivity index (χ4v) is 3.41. The van der Waals surface area contributed by atoms with E-state index in [1.165, 1.54) is 32.7 Å². The molecule has 6 heteroatoms. The average molecular weight is 405 g/mol. The number of hydrogen-bond donors (Lipinski definition) is 3. The number of aliphatic carboxylic acids is 1. The Bertz CT molecular complexity index is 619. The van der Waals surface area contributed by atoms with Crippen molar-refractivity contribution in [3.05, 3.63) is 35.9 Å². The number of rotatable bonds is 15. The molecule has 0 unspecified atom stereocenters. The van der Waals surface area contributed by atoms with Crippen LogP contribution in [-0.2, 0) is 20.8 Å². The van der Waals surface area contributed by atoms with E-state index in [4.69, 9.17) is 0 Å². The highest BCUT2D eigenvalue weighted by Crippen LogP contribution is 2.17. The van der Waals surface area contributed by atoms with E-state index < -0.39 is 17.9 Å². The Hall–Kier alpha value is -2.37. The quantitative estimate of drug-likeness (QED) is 0.389. The van der Waals surface area contributed by atoms with Crippen molar-refractivity contribution < 1.29 is 19.5 Å². The number of likely N-dealkylation sites (N-methyl/N-ethyl adjacent to an activating group) is 1. The highest BCUT2D eigenvalue weighted by Gasteiger charge is 2.26. The number of unbranched alkanes of at least 4 members (excludes halogenated alkanes) is 6. The monoisotopic (exact) mass is 404 g/mol. The summed E-state index contributed by atoms with van der Waals surface area (Å²) < 4.78 is 0. The first kappa shape index (κ1) is 24.7. The molecular weight excluding hydrogens is 368 g/mol. The van der Waals surface area contributed by atoms with E-state index in [0.29, 0.717) is 12.8 Å². The zero-order valence-corrected chi connectivity index (χ0v) is 17.8. The smallest absolute Gasteiger partial charge is 0.304 e. The maximum absolute atomic E-state index is 12.8. The van der Waals surface area contributed by atoms with Gasteiger partial charge >= 0.3 is 5.97 Å². The van der Waals surface area contributed by atoms with Crippen molar-refractivity contribution in [3.8, 4) is 0 Å². The molecule has 0 fully saturated rings. The minimum atomic E-state index is -0.993. The van der Waals surface area contributed by atoms with Gasteiger partial charge in [-0.2, -0.15) is 0 Å². The molecule has 1 rings (SSSR count). The first-order chi connectivity index (χ1) is 14.0. The van der Waals surface area contributed by atoms with E-state index in [0.717, 1.165) is 24.8 Å². The van der Waals surface area contributed by atoms with Crippen molar-refractivity contribution in [1.29, 1.82) is 0 Å². The van der Waals surface area contributed by atoms with Crippen molar-refractivity contribution in [1.82, 2.24) is 10.6 Å². The summed E-state index contributed by atoms with van der Waals surface area (Å²) >= 11 is 0. The average Bonchev–Trinajstić information content (AvgIpc) is 2.71. The lowest BCUT2D eigenvalue weighted by atomic mass is 9.95. The van der Waals surface area contributed by atoms with Crippen molar-refractivity contribution in [2.24, 2.45) is 5.92 Å². The molecule has 2 amide bonds. The van der Waals surface area contributed by atoms with Gasteiger partial charge in [0.1, 0.15) is 6.04 Å². The minimum absolute atomic E-state index is 0.215.